The van der Waals surface area contributed by atoms with E-state index in [4.69, 9.17) is 5.11 Å². The molecule has 12 nitrogen and oxygen atoms in total. The van der Waals surface area contributed by atoms with Crippen LogP contribution < -0.4 is 15.5 Å². The maximum atomic E-state index is 14.3. The Hall–Kier alpha value is -4.04. The lowest BCUT2D eigenvalue weighted by atomic mass is 10.1. The van der Waals surface area contributed by atoms with E-state index in [0.29, 0.717) is 18.1 Å². The molecule has 0 atom stereocenters. The average Bonchev–Trinajstić information content (AvgIpc) is 3.43. The molecule has 14 heteroatoms. The van der Waals surface area contributed by atoms with Gasteiger partial charge in [-0.25, -0.2) is 27.6 Å². The molecule has 178 valence electrons. The van der Waals surface area contributed by atoms with E-state index in [9.17, 15) is 12.8 Å². The number of hydrogen-bond acceptors (Lipinski definition) is 9. The van der Waals surface area contributed by atoms with Crippen LogP contribution in [-0.4, -0.2) is 55.8 Å². The highest BCUT2D eigenvalue weighted by Gasteiger charge is 2.11. The molecule has 0 amide bonds. The summed E-state index contributed by atoms with van der Waals surface area (Å²) in [6, 6.07) is 7.42. The van der Waals surface area contributed by atoms with Crippen molar-refractivity contribution in [1.29, 1.82) is 0 Å². The highest BCUT2D eigenvalue weighted by molar-refractivity contribution is 7.91. The van der Waals surface area contributed by atoms with E-state index in [-0.39, 0.29) is 24.9 Å². The summed E-state index contributed by atoms with van der Waals surface area (Å²) in [5.74, 6) is -0.0408. The lowest BCUT2D eigenvalue weighted by molar-refractivity contribution is 0.277. The van der Waals surface area contributed by atoms with Gasteiger partial charge < -0.3 is 15.0 Å². The van der Waals surface area contributed by atoms with Crippen molar-refractivity contribution in [3.63, 3.8) is 0 Å². The molecule has 34 heavy (non-hydrogen) atoms. The lowest BCUT2D eigenvalue weighted by Crippen LogP contribution is -2.21. The number of sulfonamides is 1. The molecule has 4 rings (SSSR count). The zero-order valence-corrected chi connectivity index (χ0v) is 18.9. The van der Waals surface area contributed by atoms with Crippen molar-refractivity contribution in [2.75, 3.05) is 28.3 Å². The van der Waals surface area contributed by atoms with Crippen LogP contribution in [-0.2, 0) is 23.1 Å². The maximum Gasteiger partial charge on any atom is 0.244 e. The minimum atomic E-state index is -3.45. The van der Waals surface area contributed by atoms with Crippen LogP contribution in [0.25, 0.3) is 11.1 Å². The molecule has 4 aromatic rings. The first-order valence-corrected chi connectivity index (χ1v) is 12.0. The number of aromatic nitrogens is 6. The van der Waals surface area contributed by atoms with Crippen molar-refractivity contribution in [2.24, 2.45) is 0 Å². The lowest BCUT2D eigenvalue weighted by Gasteiger charge is -2.11. The molecule has 0 spiro atoms. The number of benzene rings is 1. The van der Waals surface area contributed by atoms with Gasteiger partial charge in [-0.15, -0.1) is 0 Å². The quantitative estimate of drug-likeness (QED) is 0.261. The van der Waals surface area contributed by atoms with Gasteiger partial charge in [0, 0.05) is 31.0 Å². The van der Waals surface area contributed by atoms with Gasteiger partial charge in [0.25, 0.3) is 0 Å². The summed E-state index contributed by atoms with van der Waals surface area (Å²) in [5.41, 5.74) is 2.35. The number of aliphatic hydroxyl groups excluding tert-OH is 1. The number of nitrogens with zero attached hydrogens (tertiary/aromatic N) is 6. The summed E-state index contributed by atoms with van der Waals surface area (Å²) >= 11 is 0. The van der Waals surface area contributed by atoms with Gasteiger partial charge in [-0.2, -0.15) is 14.9 Å². The molecule has 3 aromatic heterocycles. The number of aliphatic hydroxyl groups is 1. The molecular weight excluding hydrogens is 465 g/mol. The van der Waals surface area contributed by atoms with E-state index in [0.717, 1.165) is 28.4 Å². The van der Waals surface area contributed by atoms with E-state index in [1.54, 1.807) is 23.2 Å². The smallest absolute Gasteiger partial charge is 0.244 e. The third kappa shape index (κ3) is 5.85. The Morgan fingerprint density at radius 2 is 2.03 bits per heavy atom. The van der Waals surface area contributed by atoms with Crippen molar-refractivity contribution >= 4 is 27.7 Å². The molecule has 0 aliphatic rings. The Morgan fingerprint density at radius 1 is 1.18 bits per heavy atom. The van der Waals surface area contributed by atoms with E-state index in [1.807, 2.05) is 24.3 Å². The first-order chi connectivity index (χ1) is 16.3. The maximum absolute atomic E-state index is 14.3. The Balaban J connectivity index is 1.45. The molecule has 0 fully saturated rings. The normalized spacial score (nSPS) is 11.4. The van der Waals surface area contributed by atoms with Gasteiger partial charge in [-0.05, 0) is 17.2 Å². The summed E-state index contributed by atoms with van der Waals surface area (Å²) in [4.78, 5) is 15.6. The van der Waals surface area contributed by atoms with E-state index < -0.39 is 15.8 Å². The van der Waals surface area contributed by atoms with Crippen LogP contribution in [0.3, 0.4) is 0 Å². The van der Waals surface area contributed by atoms with Crippen molar-refractivity contribution < 1.29 is 17.9 Å². The number of rotatable bonds is 10. The van der Waals surface area contributed by atoms with Gasteiger partial charge in [0.15, 0.2) is 11.6 Å². The monoisotopic (exact) mass is 487 g/mol. The van der Waals surface area contributed by atoms with Gasteiger partial charge in [-0.1, -0.05) is 18.2 Å². The van der Waals surface area contributed by atoms with E-state index >= 15 is 0 Å². The molecule has 0 radical (unpaired) electrons. The van der Waals surface area contributed by atoms with Crippen molar-refractivity contribution in [2.45, 2.75) is 13.1 Å². The molecule has 0 bridgehead atoms. The summed E-state index contributed by atoms with van der Waals surface area (Å²) in [6.07, 6.45) is 8.43. The van der Waals surface area contributed by atoms with Gasteiger partial charge in [-0.3, -0.25) is 5.32 Å². The first-order valence-electron chi connectivity index (χ1n) is 10.1. The fraction of sp³-hybridized carbons (Fsp3) is 0.200. The van der Waals surface area contributed by atoms with Crippen LogP contribution in [0.2, 0.25) is 0 Å². The molecule has 0 unspecified atom stereocenters. The van der Waals surface area contributed by atoms with Crippen molar-refractivity contribution in [3.05, 3.63) is 66.6 Å². The Morgan fingerprint density at radius 3 is 2.82 bits per heavy atom. The van der Waals surface area contributed by atoms with Crippen molar-refractivity contribution in [1.82, 2.24) is 29.4 Å². The molecule has 0 aliphatic carbocycles. The SMILES string of the molecule is CS(=O)(=O)Nn1cc(-c2cccc(CNc3nc(Nc4nccn4CCO)ncc3F)c2)cn1. The molecule has 1 aromatic carbocycles. The molecule has 0 saturated carbocycles. The fourth-order valence-electron chi connectivity index (χ4n) is 3.11. The second kappa shape index (κ2) is 9.84. The standard InChI is InChI=1S/C20H22FN9O3S/c1-34(32,33)28-30-13-16(11-25-30)15-4-2-3-14(9-15)10-23-18-17(21)12-24-19(26-18)27-20-22-5-6-29(20)7-8-31/h2-6,9,11-13,28,31H,7-8,10H2,1H3,(H2,22,23,24,26,27). The highest BCUT2D eigenvalue weighted by atomic mass is 32.2. The average molecular weight is 488 g/mol. The Kier molecular flexibility index (Phi) is 6.70. The predicted molar refractivity (Wildman–Crippen MR) is 124 cm³/mol. The molecule has 4 N–H and O–H groups in total. The minimum absolute atomic E-state index is 0.00772. The molecule has 0 aliphatic heterocycles. The third-order valence-electron chi connectivity index (χ3n) is 4.59. The Bertz CT molecular complexity index is 1390. The van der Waals surface area contributed by atoms with Gasteiger partial charge in [0.1, 0.15) is 0 Å². The third-order valence-corrected chi connectivity index (χ3v) is 5.11. The second-order valence-corrected chi connectivity index (χ2v) is 9.00. The van der Waals surface area contributed by atoms with E-state index in [1.165, 1.54) is 6.20 Å². The number of anilines is 3. The van der Waals surface area contributed by atoms with Crippen LogP contribution in [0.15, 0.2) is 55.2 Å². The largest absolute Gasteiger partial charge is 0.395 e. The minimum Gasteiger partial charge on any atom is -0.395 e. The van der Waals surface area contributed by atoms with Crippen LogP contribution in [0.1, 0.15) is 5.56 Å². The molecule has 3 heterocycles. The Labute approximate surface area is 194 Å². The summed E-state index contributed by atoms with van der Waals surface area (Å²) < 4.78 is 38.7. The number of imidazole rings is 1. The van der Waals surface area contributed by atoms with Crippen LogP contribution >= 0.6 is 0 Å². The van der Waals surface area contributed by atoms with Gasteiger partial charge >= 0.3 is 0 Å². The van der Waals surface area contributed by atoms with Gasteiger partial charge in [0.05, 0.1) is 31.5 Å². The summed E-state index contributed by atoms with van der Waals surface area (Å²) in [6.45, 7) is 0.556. The van der Waals surface area contributed by atoms with Crippen LogP contribution in [0, 0.1) is 5.82 Å². The zero-order valence-electron chi connectivity index (χ0n) is 18.1. The summed E-state index contributed by atoms with van der Waals surface area (Å²) in [7, 11) is -3.45. The summed E-state index contributed by atoms with van der Waals surface area (Å²) in [5, 5.41) is 19.0. The van der Waals surface area contributed by atoms with Crippen LogP contribution in [0.4, 0.5) is 22.1 Å². The fourth-order valence-corrected chi connectivity index (χ4v) is 3.55. The number of hydrogen-bond donors (Lipinski definition) is 4. The zero-order chi connectivity index (χ0) is 24.1. The second-order valence-electron chi connectivity index (χ2n) is 7.27. The van der Waals surface area contributed by atoms with Gasteiger partial charge in [0.2, 0.25) is 21.9 Å². The number of nitrogens with one attached hydrogen (secondary N) is 3. The van der Waals surface area contributed by atoms with E-state index in [2.05, 4.69) is 35.5 Å². The molecular formula is C20H22FN9O3S. The van der Waals surface area contributed by atoms with Crippen LogP contribution in [0.5, 0.6) is 0 Å². The predicted octanol–water partition coefficient (Wildman–Crippen LogP) is 1.53. The first kappa shape index (κ1) is 23.1. The van der Waals surface area contributed by atoms with Crippen molar-refractivity contribution in [3.8, 4) is 11.1 Å². The topological polar surface area (TPSA) is 152 Å². The number of halogens is 1. The highest BCUT2D eigenvalue weighted by Crippen LogP contribution is 2.21. The molecule has 0 saturated heterocycles.